The zero-order valence-corrected chi connectivity index (χ0v) is 24.0. The maximum absolute atomic E-state index is 15.3. The second-order valence-electron chi connectivity index (χ2n) is 10.8. The number of carbonyl (C=O) groups excluding carboxylic acids is 1. The Bertz CT molecular complexity index is 1660. The van der Waals surface area contributed by atoms with Crippen molar-refractivity contribution in [2.45, 2.75) is 52.6 Å². The van der Waals surface area contributed by atoms with Gasteiger partial charge in [0.25, 0.3) is 0 Å². The minimum atomic E-state index is -4.52. The van der Waals surface area contributed by atoms with Crippen LogP contribution in [0.1, 0.15) is 46.4 Å². The molecule has 4 aromatic rings. The third-order valence-corrected chi connectivity index (χ3v) is 7.76. The summed E-state index contributed by atoms with van der Waals surface area (Å²) in [5.74, 6) is -0.0844. The molecule has 4 nitrogen and oxygen atoms in total. The number of amides is 1. The Morgan fingerprint density at radius 1 is 0.857 bits per heavy atom. The van der Waals surface area contributed by atoms with Crippen LogP contribution in [0.25, 0.3) is 22.3 Å². The molecule has 218 valence electrons. The van der Waals surface area contributed by atoms with E-state index < -0.39 is 35.8 Å². The van der Waals surface area contributed by atoms with Crippen LogP contribution in [0, 0.1) is 26.6 Å². The lowest BCUT2D eigenvalue weighted by atomic mass is 9.92. The van der Waals surface area contributed by atoms with E-state index in [2.05, 4.69) is 0 Å². The summed E-state index contributed by atoms with van der Waals surface area (Å²) in [6.07, 6.45) is -6.02. The quantitative estimate of drug-likeness (QED) is 0.215. The van der Waals surface area contributed by atoms with Gasteiger partial charge in [-0.15, -0.1) is 0 Å². The number of ether oxygens (including phenoxy) is 2. The largest absolute Gasteiger partial charge is 0.496 e. The minimum Gasteiger partial charge on any atom is -0.496 e. The summed E-state index contributed by atoms with van der Waals surface area (Å²) in [5.41, 5.74) is 5.12. The Hall–Kier alpha value is -4.33. The van der Waals surface area contributed by atoms with Crippen LogP contribution in [0.2, 0.25) is 0 Å². The maximum Gasteiger partial charge on any atom is 0.416 e. The van der Waals surface area contributed by atoms with Crippen LogP contribution in [0.5, 0.6) is 5.75 Å². The molecule has 0 aromatic heterocycles. The lowest BCUT2D eigenvalue weighted by Gasteiger charge is -2.24. The summed E-state index contributed by atoms with van der Waals surface area (Å²) < 4.78 is 67.1. The molecule has 1 fully saturated rings. The number of nitrogens with zero attached hydrogens (tertiary/aromatic N) is 1. The van der Waals surface area contributed by atoms with E-state index in [0.29, 0.717) is 28.0 Å². The molecule has 1 aliphatic heterocycles. The predicted octanol–water partition coefficient (Wildman–Crippen LogP) is 9.19. The van der Waals surface area contributed by atoms with Gasteiger partial charge < -0.3 is 9.47 Å². The van der Waals surface area contributed by atoms with Crippen LogP contribution >= 0.6 is 0 Å². The predicted molar refractivity (Wildman–Crippen MR) is 154 cm³/mol. The van der Waals surface area contributed by atoms with Gasteiger partial charge in [0.2, 0.25) is 0 Å². The Morgan fingerprint density at radius 2 is 1.60 bits per heavy atom. The third-order valence-electron chi connectivity index (χ3n) is 7.76. The van der Waals surface area contributed by atoms with Crippen molar-refractivity contribution in [3.05, 3.63) is 112 Å². The first-order chi connectivity index (χ1) is 19.9. The average Bonchev–Trinajstić information content (AvgIpc) is 3.21. The molecule has 1 heterocycles. The summed E-state index contributed by atoms with van der Waals surface area (Å²) in [5, 5.41) is 0. The van der Waals surface area contributed by atoms with Crippen molar-refractivity contribution >= 4 is 6.09 Å². The summed E-state index contributed by atoms with van der Waals surface area (Å²) in [7, 11) is 1.47. The van der Waals surface area contributed by atoms with Crippen molar-refractivity contribution in [3.63, 3.8) is 0 Å². The Kier molecular flexibility index (Phi) is 7.75. The number of hydrogen-bond donors (Lipinski definition) is 0. The van der Waals surface area contributed by atoms with Crippen LogP contribution in [0.15, 0.2) is 72.8 Å². The van der Waals surface area contributed by atoms with Gasteiger partial charge in [0.1, 0.15) is 17.7 Å². The van der Waals surface area contributed by atoms with Crippen molar-refractivity contribution < 1.29 is 31.8 Å². The molecule has 4 aromatic carbocycles. The molecule has 0 spiro atoms. The number of alkyl halides is 3. The molecular formula is C34H31F4NO3. The van der Waals surface area contributed by atoms with Gasteiger partial charge in [0, 0.05) is 17.2 Å². The number of carbonyl (C=O) groups is 1. The summed E-state index contributed by atoms with van der Waals surface area (Å²) in [6, 6.07) is 19.6. The first-order valence-corrected chi connectivity index (χ1v) is 13.6. The molecule has 1 amide bonds. The molecule has 0 aliphatic carbocycles. The highest BCUT2D eigenvalue weighted by Gasteiger charge is 2.41. The van der Waals surface area contributed by atoms with Gasteiger partial charge in [-0.3, -0.25) is 4.90 Å². The lowest BCUT2D eigenvalue weighted by Crippen LogP contribution is -2.31. The molecule has 0 bridgehead atoms. The number of aryl methyl sites for hydroxylation is 3. The van der Waals surface area contributed by atoms with Gasteiger partial charge >= 0.3 is 12.3 Å². The van der Waals surface area contributed by atoms with Crippen molar-refractivity contribution in [2.75, 3.05) is 7.11 Å². The average molecular weight is 578 g/mol. The van der Waals surface area contributed by atoms with E-state index in [1.54, 1.807) is 26.0 Å². The zero-order valence-electron chi connectivity index (χ0n) is 24.0. The Labute approximate surface area is 242 Å². The summed E-state index contributed by atoms with van der Waals surface area (Å²) >= 11 is 0. The van der Waals surface area contributed by atoms with Crippen LogP contribution in [-0.4, -0.2) is 24.1 Å². The number of rotatable bonds is 6. The van der Waals surface area contributed by atoms with Crippen molar-refractivity contribution in [3.8, 4) is 28.0 Å². The number of halogens is 4. The molecule has 42 heavy (non-hydrogen) atoms. The fourth-order valence-corrected chi connectivity index (χ4v) is 5.62. The SMILES string of the molecule is COc1cc(F)c(-c2ccccc2C)cc1-c1ccc(C)cc1CN1C(=O)O[C@H](c2cc(C)cc(C(F)(F)F)c2)[C@@H]1C. The first-order valence-electron chi connectivity index (χ1n) is 13.6. The fourth-order valence-electron chi connectivity index (χ4n) is 5.62. The van der Waals surface area contributed by atoms with Crippen molar-refractivity contribution in [1.29, 1.82) is 0 Å². The van der Waals surface area contributed by atoms with Gasteiger partial charge in [0.15, 0.2) is 0 Å². The fraction of sp³-hybridized carbons (Fsp3) is 0.265. The number of hydrogen-bond acceptors (Lipinski definition) is 3. The van der Waals surface area contributed by atoms with Crippen LogP contribution in [-0.2, 0) is 17.5 Å². The summed E-state index contributed by atoms with van der Waals surface area (Å²) in [4.78, 5) is 14.6. The second-order valence-corrected chi connectivity index (χ2v) is 10.8. The van der Waals surface area contributed by atoms with E-state index in [1.807, 2.05) is 56.3 Å². The van der Waals surface area contributed by atoms with E-state index in [4.69, 9.17) is 9.47 Å². The van der Waals surface area contributed by atoms with E-state index in [-0.39, 0.29) is 6.54 Å². The number of benzene rings is 4. The third kappa shape index (κ3) is 5.58. The highest BCUT2D eigenvalue weighted by molar-refractivity contribution is 5.81. The zero-order chi connectivity index (χ0) is 30.3. The highest BCUT2D eigenvalue weighted by atomic mass is 19.4. The molecule has 0 unspecified atom stereocenters. The lowest BCUT2D eigenvalue weighted by molar-refractivity contribution is -0.137. The highest BCUT2D eigenvalue weighted by Crippen LogP contribution is 2.41. The molecule has 2 atom stereocenters. The molecule has 1 aliphatic rings. The van der Waals surface area contributed by atoms with Gasteiger partial charge in [-0.05, 0) is 73.7 Å². The summed E-state index contributed by atoms with van der Waals surface area (Å²) in [6.45, 7) is 7.31. The Morgan fingerprint density at radius 3 is 2.29 bits per heavy atom. The molecule has 8 heteroatoms. The molecule has 0 radical (unpaired) electrons. The molecule has 0 N–H and O–H groups in total. The van der Waals surface area contributed by atoms with Crippen molar-refractivity contribution in [1.82, 2.24) is 4.90 Å². The van der Waals surface area contributed by atoms with Crippen LogP contribution in [0.4, 0.5) is 22.4 Å². The molecule has 0 saturated carbocycles. The smallest absolute Gasteiger partial charge is 0.416 e. The Balaban J connectivity index is 1.54. The van der Waals surface area contributed by atoms with E-state index in [1.165, 1.54) is 18.1 Å². The van der Waals surface area contributed by atoms with E-state index in [9.17, 15) is 18.0 Å². The van der Waals surface area contributed by atoms with Crippen LogP contribution in [0.3, 0.4) is 0 Å². The van der Waals surface area contributed by atoms with E-state index >= 15 is 4.39 Å². The van der Waals surface area contributed by atoms with Gasteiger partial charge in [-0.25, -0.2) is 9.18 Å². The first kappa shape index (κ1) is 29.2. The normalized spacial score (nSPS) is 17.0. The minimum absolute atomic E-state index is 0.131. The maximum atomic E-state index is 15.3. The number of cyclic esters (lactones) is 1. The van der Waals surface area contributed by atoms with Gasteiger partial charge in [0.05, 0.1) is 25.3 Å². The van der Waals surface area contributed by atoms with Gasteiger partial charge in [-0.1, -0.05) is 59.7 Å². The molecular weight excluding hydrogens is 546 g/mol. The molecule has 5 rings (SSSR count). The second kappa shape index (κ2) is 11.2. The number of methoxy groups -OCH3 is 1. The van der Waals surface area contributed by atoms with Crippen molar-refractivity contribution in [2.24, 2.45) is 0 Å². The van der Waals surface area contributed by atoms with E-state index in [0.717, 1.165) is 39.9 Å². The molecule has 1 saturated heterocycles. The topological polar surface area (TPSA) is 38.8 Å². The monoisotopic (exact) mass is 577 g/mol. The van der Waals surface area contributed by atoms with Crippen LogP contribution < -0.4 is 4.74 Å². The van der Waals surface area contributed by atoms with Gasteiger partial charge in [-0.2, -0.15) is 13.2 Å². The standard InChI is InChI=1S/C34H31F4NO3/c1-19-10-11-27(29-16-28(30(35)17-31(29)41-5)26-9-7-6-8-21(26)3)24(12-19)18-39-22(4)32(42-33(39)40)23-13-20(2)14-25(15-23)34(36,37)38/h6-17,22,32H,18H2,1-5H3/t22-,32-/m0/s1.